The first-order valence-corrected chi connectivity index (χ1v) is 6.30. The number of Topliss-reactive ketones (excluding diaryl/α,β-unsaturated/α-hetero) is 1. The van der Waals surface area contributed by atoms with Gasteiger partial charge in [-0.1, -0.05) is 11.8 Å². The highest BCUT2D eigenvalue weighted by molar-refractivity contribution is 8.00. The number of rotatable bonds is 3. The van der Waals surface area contributed by atoms with Gasteiger partial charge in [0.1, 0.15) is 5.03 Å². The van der Waals surface area contributed by atoms with Crippen LogP contribution in [0.25, 0.3) is 0 Å². The van der Waals surface area contributed by atoms with Crippen LogP contribution < -0.4 is 0 Å². The molecule has 0 bridgehead atoms. The van der Waals surface area contributed by atoms with Crippen molar-refractivity contribution in [3.05, 3.63) is 23.9 Å². The Morgan fingerprint density at radius 3 is 3.06 bits per heavy atom. The van der Waals surface area contributed by atoms with Crippen LogP contribution in [0.2, 0.25) is 0 Å². The van der Waals surface area contributed by atoms with Gasteiger partial charge in [0.15, 0.2) is 5.78 Å². The number of thioether (sulfide) groups is 1. The maximum Gasteiger partial charge on any atom is 0.162 e. The topological polar surface area (TPSA) is 39.2 Å². The minimum atomic E-state index is 0.0715. The van der Waals surface area contributed by atoms with E-state index in [0.717, 1.165) is 18.1 Å². The van der Waals surface area contributed by atoms with Crippen molar-refractivity contribution in [2.45, 2.75) is 36.6 Å². The highest BCUT2D eigenvalue weighted by Crippen LogP contribution is 2.33. The number of pyridine rings is 1. The van der Waals surface area contributed by atoms with E-state index in [2.05, 4.69) is 11.9 Å². The maximum atomic E-state index is 11.4. The zero-order chi connectivity index (χ0) is 11.5. The predicted molar refractivity (Wildman–Crippen MR) is 63.9 cm³/mol. The Labute approximate surface area is 99.6 Å². The molecule has 0 amide bonds. The maximum absolute atomic E-state index is 11.4. The minimum absolute atomic E-state index is 0.0715. The second kappa shape index (κ2) is 4.97. The SMILES string of the molecule is CC(=O)c1cccnc1SC1CCOC1C. The summed E-state index contributed by atoms with van der Waals surface area (Å²) in [5, 5.41) is 1.24. The number of hydrogen-bond acceptors (Lipinski definition) is 4. The molecule has 2 atom stereocenters. The molecule has 3 nitrogen and oxygen atoms in total. The molecule has 0 N–H and O–H groups in total. The van der Waals surface area contributed by atoms with E-state index in [-0.39, 0.29) is 11.9 Å². The number of aromatic nitrogens is 1. The lowest BCUT2D eigenvalue weighted by atomic mass is 10.2. The summed E-state index contributed by atoms with van der Waals surface area (Å²) < 4.78 is 5.50. The molecule has 1 aliphatic heterocycles. The van der Waals surface area contributed by atoms with Crippen LogP contribution >= 0.6 is 11.8 Å². The molecule has 2 rings (SSSR count). The van der Waals surface area contributed by atoms with Gasteiger partial charge < -0.3 is 4.74 Å². The highest BCUT2D eigenvalue weighted by Gasteiger charge is 2.26. The van der Waals surface area contributed by atoms with Crippen molar-refractivity contribution in [1.29, 1.82) is 0 Å². The standard InChI is InChI=1S/C12H15NO2S/c1-8(14)10-4-3-6-13-12(10)16-11-5-7-15-9(11)2/h3-4,6,9,11H,5,7H2,1-2H3. The molecule has 2 unspecified atom stereocenters. The molecule has 1 fully saturated rings. The van der Waals surface area contributed by atoms with Crippen LogP contribution in [0.3, 0.4) is 0 Å². The van der Waals surface area contributed by atoms with E-state index >= 15 is 0 Å². The van der Waals surface area contributed by atoms with Crippen molar-refractivity contribution in [2.24, 2.45) is 0 Å². The third-order valence-corrected chi connectivity index (χ3v) is 4.19. The van der Waals surface area contributed by atoms with Crippen LogP contribution in [0.5, 0.6) is 0 Å². The molecule has 1 aromatic heterocycles. The van der Waals surface area contributed by atoms with Gasteiger partial charge in [0.05, 0.1) is 6.10 Å². The smallest absolute Gasteiger partial charge is 0.162 e. The molecule has 1 saturated heterocycles. The third-order valence-electron chi connectivity index (χ3n) is 2.72. The number of carbonyl (C=O) groups is 1. The normalized spacial score (nSPS) is 24.6. The molecule has 0 aliphatic carbocycles. The van der Waals surface area contributed by atoms with Crippen LogP contribution in [0, 0.1) is 0 Å². The van der Waals surface area contributed by atoms with Gasteiger partial charge in [-0.15, -0.1) is 0 Å². The van der Waals surface area contributed by atoms with Gasteiger partial charge in [0.25, 0.3) is 0 Å². The average molecular weight is 237 g/mol. The first kappa shape index (κ1) is 11.6. The molecule has 2 heterocycles. The quantitative estimate of drug-likeness (QED) is 0.757. The summed E-state index contributed by atoms with van der Waals surface area (Å²) in [5.74, 6) is 0.0715. The Balaban J connectivity index is 2.17. The van der Waals surface area contributed by atoms with E-state index in [1.807, 2.05) is 6.07 Å². The van der Waals surface area contributed by atoms with Crippen molar-refractivity contribution in [3.8, 4) is 0 Å². The summed E-state index contributed by atoms with van der Waals surface area (Å²) in [6, 6.07) is 3.63. The summed E-state index contributed by atoms with van der Waals surface area (Å²) in [6.07, 6.45) is 3.00. The van der Waals surface area contributed by atoms with Gasteiger partial charge >= 0.3 is 0 Å². The van der Waals surface area contributed by atoms with E-state index in [1.54, 1.807) is 30.9 Å². The van der Waals surface area contributed by atoms with E-state index < -0.39 is 0 Å². The number of nitrogens with zero attached hydrogens (tertiary/aromatic N) is 1. The van der Waals surface area contributed by atoms with Gasteiger partial charge in [-0.3, -0.25) is 4.79 Å². The van der Waals surface area contributed by atoms with Crippen LogP contribution in [0.1, 0.15) is 30.6 Å². The molecular formula is C12H15NO2S. The lowest BCUT2D eigenvalue weighted by Gasteiger charge is -2.14. The van der Waals surface area contributed by atoms with Crippen LogP contribution in [0.15, 0.2) is 23.4 Å². The van der Waals surface area contributed by atoms with Crippen LogP contribution in [0.4, 0.5) is 0 Å². The first-order chi connectivity index (χ1) is 7.68. The van der Waals surface area contributed by atoms with Crippen molar-refractivity contribution >= 4 is 17.5 Å². The Hall–Kier alpha value is -0.870. The van der Waals surface area contributed by atoms with Gasteiger partial charge in [0, 0.05) is 23.6 Å². The summed E-state index contributed by atoms with van der Waals surface area (Å²) >= 11 is 1.66. The van der Waals surface area contributed by atoms with E-state index in [0.29, 0.717) is 10.8 Å². The van der Waals surface area contributed by atoms with Gasteiger partial charge in [-0.25, -0.2) is 4.98 Å². The lowest BCUT2D eigenvalue weighted by Crippen LogP contribution is -2.14. The zero-order valence-electron chi connectivity index (χ0n) is 9.47. The predicted octanol–water partition coefficient (Wildman–Crippen LogP) is 2.55. The van der Waals surface area contributed by atoms with Crippen molar-refractivity contribution in [1.82, 2.24) is 4.98 Å². The fourth-order valence-corrected chi connectivity index (χ4v) is 2.99. The van der Waals surface area contributed by atoms with Gasteiger partial charge in [0.2, 0.25) is 0 Å². The van der Waals surface area contributed by atoms with Gasteiger partial charge in [-0.2, -0.15) is 0 Å². The zero-order valence-corrected chi connectivity index (χ0v) is 10.3. The average Bonchev–Trinajstić information content (AvgIpc) is 2.65. The third kappa shape index (κ3) is 2.44. The molecule has 1 aromatic rings. The molecule has 0 spiro atoms. The Morgan fingerprint density at radius 2 is 2.44 bits per heavy atom. The van der Waals surface area contributed by atoms with Crippen molar-refractivity contribution in [2.75, 3.05) is 6.61 Å². The second-order valence-electron chi connectivity index (χ2n) is 3.93. The molecule has 4 heteroatoms. The summed E-state index contributed by atoms with van der Waals surface area (Å²) in [6.45, 7) is 4.46. The summed E-state index contributed by atoms with van der Waals surface area (Å²) in [5.41, 5.74) is 0.714. The molecule has 0 aromatic carbocycles. The second-order valence-corrected chi connectivity index (χ2v) is 5.16. The molecule has 0 saturated carbocycles. The van der Waals surface area contributed by atoms with E-state index in [9.17, 15) is 4.79 Å². The van der Waals surface area contributed by atoms with E-state index in [1.165, 1.54) is 0 Å². The van der Waals surface area contributed by atoms with Crippen LogP contribution in [-0.2, 0) is 4.74 Å². The highest BCUT2D eigenvalue weighted by atomic mass is 32.2. The van der Waals surface area contributed by atoms with Gasteiger partial charge in [-0.05, 0) is 32.4 Å². The summed E-state index contributed by atoms with van der Waals surface area (Å²) in [7, 11) is 0. The van der Waals surface area contributed by atoms with Crippen LogP contribution in [-0.4, -0.2) is 28.7 Å². The Bertz CT molecular complexity index is 394. The fourth-order valence-electron chi connectivity index (χ4n) is 1.76. The monoisotopic (exact) mass is 237 g/mol. The lowest BCUT2D eigenvalue weighted by molar-refractivity contribution is 0.101. The number of hydrogen-bond donors (Lipinski definition) is 0. The molecule has 1 aliphatic rings. The number of carbonyl (C=O) groups excluding carboxylic acids is 1. The minimum Gasteiger partial charge on any atom is -0.377 e. The van der Waals surface area contributed by atoms with Crippen molar-refractivity contribution in [3.63, 3.8) is 0 Å². The largest absolute Gasteiger partial charge is 0.377 e. The van der Waals surface area contributed by atoms with Crippen molar-refractivity contribution < 1.29 is 9.53 Å². The molecule has 86 valence electrons. The number of ketones is 1. The van der Waals surface area contributed by atoms with E-state index in [4.69, 9.17) is 4.74 Å². The molecule has 0 radical (unpaired) electrons. The number of ether oxygens (including phenoxy) is 1. The molecule has 16 heavy (non-hydrogen) atoms. The fraction of sp³-hybridized carbons (Fsp3) is 0.500. The Kier molecular flexibility index (Phi) is 3.61. The Morgan fingerprint density at radius 1 is 1.62 bits per heavy atom. The first-order valence-electron chi connectivity index (χ1n) is 5.42. The summed E-state index contributed by atoms with van der Waals surface area (Å²) in [4.78, 5) is 15.7. The molecular weight excluding hydrogens is 222 g/mol.